The Hall–Kier alpha value is -1.51. The minimum Gasteiger partial charge on any atom is -0.345 e. The molecule has 1 spiro atoms. The average molecular weight is 422 g/mol. The molecule has 4 rings (SSSR count). The number of ether oxygens (including phenoxy) is 2. The van der Waals surface area contributed by atoms with E-state index in [0.29, 0.717) is 44.3 Å². The number of carbonyl (C=O) groups excluding carboxylic acids is 2. The van der Waals surface area contributed by atoms with E-state index < -0.39 is 5.79 Å². The summed E-state index contributed by atoms with van der Waals surface area (Å²) in [7, 11) is 0. The molecule has 1 aromatic rings. The molecule has 7 nitrogen and oxygen atoms in total. The number of hydrogen-bond acceptors (Lipinski definition) is 6. The number of aromatic nitrogens is 1. The van der Waals surface area contributed by atoms with Gasteiger partial charge in [0.1, 0.15) is 4.88 Å². The minimum atomic E-state index is -0.930. The van der Waals surface area contributed by atoms with Crippen molar-refractivity contribution >= 4 is 23.2 Å². The SMILES string of the molecule is Cc1nc(C)c(C(=O)N2CCOC3(C2)CN(C(=O)C2(C)CCCCC2)CCO3)s1. The Bertz CT molecular complexity index is 785. The number of morpholine rings is 2. The molecule has 3 aliphatic rings. The molecule has 1 aromatic heterocycles. The predicted octanol–water partition coefficient (Wildman–Crippen LogP) is 2.76. The first-order chi connectivity index (χ1) is 13.8. The summed E-state index contributed by atoms with van der Waals surface area (Å²) in [4.78, 5) is 35.2. The highest BCUT2D eigenvalue weighted by Gasteiger charge is 2.47. The number of hydrogen-bond donors (Lipinski definition) is 0. The maximum atomic E-state index is 13.3. The molecular formula is C21H31N3O4S. The average Bonchev–Trinajstić information content (AvgIpc) is 3.05. The van der Waals surface area contributed by atoms with Crippen LogP contribution in [-0.4, -0.2) is 71.8 Å². The summed E-state index contributed by atoms with van der Waals surface area (Å²) in [5.41, 5.74) is 0.489. The highest BCUT2D eigenvalue weighted by Crippen LogP contribution is 2.38. The van der Waals surface area contributed by atoms with Crippen molar-refractivity contribution < 1.29 is 19.1 Å². The molecule has 1 aliphatic carbocycles. The maximum Gasteiger partial charge on any atom is 0.266 e. The van der Waals surface area contributed by atoms with Crippen molar-refractivity contribution in [3.05, 3.63) is 15.6 Å². The van der Waals surface area contributed by atoms with Crippen LogP contribution in [-0.2, 0) is 14.3 Å². The van der Waals surface area contributed by atoms with Gasteiger partial charge in [0.15, 0.2) is 0 Å². The molecular weight excluding hydrogens is 390 g/mol. The summed E-state index contributed by atoms with van der Waals surface area (Å²) in [5, 5.41) is 0.889. The number of aryl methyl sites for hydroxylation is 2. The van der Waals surface area contributed by atoms with Gasteiger partial charge in [0.2, 0.25) is 11.7 Å². The van der Waals surface area contributed by atoms with E-state index in [1.807, 2.05) is 18.7 Å². The largest absolute Gasteiger partial charge is 0.345 e. The van der Waals surface area contributed by atoms with Crippen LogP contribution in [0.1, 0.15) is 59.4 Å². The van der Waals surface area contributed by atoms with Crippen LogP contribution in [0.15, 0.2) is 0 Å². The molecule has 1 unspecified atom stereocenters. The van der Waals surface area contributed by atoms with Crippen LogP contribution in [0, 0.1) is 19.3 Å². The summed E-state index contributed by atoms with van der Waals surface area (Å²) in [6, 6.07) is 0. The lowest BCUT2D eigenvalue weighted by molar-refractivity contribution is -0.285. The summed E-state index contributed by atoms with van der Waals surface area (Å²) in [5.74, 6) is -0.747. The normalized spacial score (nSPS) is 27.3. The summed E-state index contributed by atoms with van der Waals surface area (Å²) >= 11 is 1.43. The third-order valence-electron chi connectivity index (χ3n) is 6.46. The van der Waals surface area contributed by atoms with Crippen molar-refractivity contribution in [3.8, 4) is 0 Å². The minimum absolute atomic E-state index is 0.0259. The second-order valence-corrected chi connectivity index (χ2v) is 10.0. The molecule has 0 aromatic carbocycles. The zero-order valence-electron chi connectivity index (χ0n) is 17.7. The van der Waals surface area contributed by atoms with Crippen molar-refractivity contribution in [2.24, 2.45) is 5.41 Å². The quantitative estimate of drug-likeness (QED) is 0.734. The molecule has 3 fully saturated rings. The third-order valence-corrected chi connectivity index (χ3v) is 7.52. The fourth-order valence-corrected chi connectivity index (χ4v) is 5.73. The van der Waals surface area contributed by atoms with Crippen LogP contribution < -0.4 is 0 Å². The van der Waals surface area contributed by atoms with E-state index in [1.165, 1.54) is 17.8 Å². The van der Waals surface area contributed by atoms with Crippen LogP contribution in [0.3, 0.4) is 0 Å². The van der Waals surface area contributed by atoms with Gasteiger partial charge < -0.3 is 19.3 Å². The molecule has 3 heterocycles. The van der Waals surface area contributed by atoms with Crippen LogP contribution in [0.2, 0.25) is 0 Å². The predicted molar refractivity (Wildman–Crippen MR) is 110 cm³/mol. The van der Waals surface area contributed by atoms with Crippen molar-refractivity contribution in [2.45, 2.75) is 58.7 Å². The second-order valence-electron chi connectivity index (χ2n) is 8.83. The molecule has 29 heavy (non-hydrogen) atoms. The molecule has 2 amide bonds. The Morgan fingerprint density at radius 2 is 1.62 bits per heavy atom. The van der Waals surface area contributed by atoms with Crippen molar-refractivity contribution in [1.29, 1.82) is 0 Å². The molecule has 0 N–H and O–H groups in total. The van der Waals surface area contributed by atoms with Gasteiger partial charge in [-0.25, -0.2) is 4.98 Å². The monoisotopic (exact) mass is 421 g/mol. The molecule has 160 valence electrons. The highest BCUT2D eigenvalue weighted by atomic mass is 32.1. The number of nitrogens with zero attached hydrogens (tertiary/aromatic N) is 3. The van der Waals surface area contributed by atoms with E-state index >= 15 is 0 Å². The molecule has 8 heteroatoms. The Kier molecular flexibility index (Phi) is 5.70. The van der Waals surface area contributed by atoms with E-state index in [4.69, 9.17) is 9.47 Å². The van der Waals surface area contributed by atoms with Crippen LogP contribution in [0.4, 0.5) is 0 Å². The molecule has 2 saturated heterocycles. The third kappa shape index (κ3) is 4.07. The van der Waals surface area contributed by atoms with Crippen LogP contribution in [0.5, 0.6) is 0 Å². The van der Waals surface area contributed by atoms with Crippen molar-refractivity contribution in [3.63, 3.8) is 0 Å². The van der Waals surface area contributed by atoms with E-state index in [1.54, 1.807) is 4.90 Å². The zero-order chi connectivity index (χ0) is 20.6. The van der Waals surface area contributed by atoms with Gasteiger partial charge in [-0.1, -0.05) is 26.2 Å². The van der Waals surface area contributed by atoms with Gasteiger partial charge in [-0.2, -0.15) is 0 Å². The lowest BCUT2D eigenvalue weighted by Gasteiger charge is -2.49. The van der Waals surface area contributed by atoms with Gasteiger partial charge in [-0.05, 0) is 26.7 Å². The van der Waals surface area contributed by atoms with E-state index in [0.717, 1.165) is 36.4 Å². The summed E-state index contributed by atoms with van der Waals surface area (Å²) in [6.45, 7) is 8.54. The lowest BCUT2D eigenvalue weighted by atomic mass is 9.74. The number of amides is 2. The molecule has 0 radical (unpaired) electrons. The maximum absolute atomic E-state index is 13.3. The highest BCUT2D eigenvalue weighted by molar-refractivity contribution is 7.13. The first-order valence-corrected chi connectivity index (χ1v) is 11.4. The number of carbonyl (C=O) groups is 2. The van der Waals surface area contributed by atoms with Crippen molar-refractivity contribution in [1.82, 2.24) is 14.8 Å². The second kappa shape index (κ2) is 7.96. The van der Waals surface area contributed by atoms with E-state index in [9.17, 15) is 9.59 Å². The van der Waals surface area contributed by atoms with Crippen LogP contribution >= 0.6 is 11.3 Å². The number of rotatable bonds is 2. The molecule has 1 atom stereocenters. The van der Waals surface area contributed by atoms with Crippen molar-refractivity contribution in [2.75, 3.05) is 39.4 Å². The first-order valence-electron chi connectivity index (χ1n) is 10.6. The Morgan fingerprint density at radius 3 is 2.24 bits per heavy atom. The first kappa shape index (κ1) is 20.8. The summed E-state index contributed by atoms with van der Waals surface area (Å²) < 4.78 is 12.1. The smallest absolute Gasteiger partial charge is 0.266 e. The topological polar surface area (TPSA) is 72.0 Å². The fourth-order valence-electron chi connectivity index (χ4n) is 4.85. The molecule has 0 bridgehead atoms. The van der Waals surface area contributed by atoms with Gasteiger partial charge in [0.25, 0.3) is 5.91 Å². The Morgan fingerprint density at radius 1 is 1.00 bits per heavy atom. The summed E-state index contributed by atoms with van der Waals surface area (Å²) in [6.07, 6.45) is 5.35. The fraction of sp³-hybridized carbons (Fsp3) is 0.762. The van der Waals surface area contributed by atoms with E-state index in [2.05, 4.69) is 11.9 Å². The van der Waals surface area contributed by atoms with E-state index in [-0.39, 0.29) is 17.2 Å². The zero-order valence-corrected chi connectivity index (χ0v) is 18.5. The van der Waals surface area contributed by atoms with Gasteiger partial charge >= 0.3 is 0 Å². The van der Waals surface area contributed by atoms with Crippen LogP contribution in [0.25, 0.3) is 0 Å². The standard InChI is InChI=1S/C21H31N3O4S/c1-15-17(29-16(2)22-15)18(25)23-9-11-27-21(13-23)14-24(10-12-28-21)19(26)20(3)7-5-4-6-8-20/h4-14H2,1-3H3. The Balaban J connectivity index is 1.48. The van der Waals surface area contributed by atoms with Gasteiger partial charge in [-0.15, -0.1) is 11.3 Å². The molecule has 2 aliphatic heterocycles. The van der Waals surface area contributed by atoms with Gasteiger partial charge in [0.05, 0.1) is 37.0 Å². The Labute approximate surface area is 176 Å². The van der Waals surface area contributed by atoms with Gasteiger partial charge in [0, 0.05) is 18.5 Å². The lowest BCUT2D eigenvalue weighted by Crippen LogP contribution is -2.64. The molecule has 1 saturated carbocycles. The number of thiazole rings is 1. The van der Waals surface area contributed by atoms with Gasteiger partial charge in [-0.3, -0.25) is 9.59 Å².